The molecule has 2 aromatic carbocycles. The molecule has 3 aliphatic rings. The van der Waals surface area contributed by atoms with E-state index in [2.05, 4.69) is 29.4 Å². The zero-order chi connectivity index (χ0) is 23.7. The largest absolute Gasteiger partial charge is 0.376 e. The van der Waals surface area contributed by atoms with Crippen LogP contribution in [0.2, 0.25) is 0 Å². The molecule has 2 aliphatic heterocycles. The Hall–Kier alpha value is -3.12. The van der Waals surface area contributed by atoms with Gasteiger partial charge in [-0.15, -0.1) is 0 Å². The second-order valence-electron chi connectivity index (χ2n) is 10.4. The Bertz CT molecular complexity index is 1100. The first-order valence-corrected chi connectivity index (χ1v) is 12.2. The van der Waals surface area contributed by atoms with Gasteiger partial charge in [0.1, 0.15) is 0 Å². The lowest BCUT2D eigenvalue weighted by Crippen LogP contribution is -2.43. The third-order valence-corrected chi connectivity index (χ3v) is 6.98. The summed E-state index contributed by atoms with van der Waals surface area (Å²) in [4.78, 5) is 28.9. The number of anilines is 2. The number of hydrogen-bond acceptors (Lipinski definition) is 5. The maximum Gasteiger partial charge on any atom is 0.239 e. The van der Waals surface area contributed by atoms with Crippen LogP contribution in [0.4, 0.5) is 11.4 Å². The molecule has 6 heteroatoms. The van der Waals surface area contributed by atoms with Crippen LogP contribution in [-0.4, -0.2) is 37.5 Å². The van der Waals surface area contributed by atoms with Gasteiger partial charge in [-0.05, 0) is 42.4 Å². The van der Waals surface area contributed by atoms with Crippen molar-refractivity contribution >= 4 is 23.1 Å². The number of amides is 1. The Morgan fingerprint density at radius 1 is 1.12 bits per heavy atom. The van der Waals surface area contributed by atoms with Crippen molar-refractivity contribution in [3.05, 3.63) is 71.4 Å². The molecule has 0 spiro atoms. The molecule has 2 heterocycles. The van der Waals surface area contributed by atoms with Crippen LogP contribution in [0.25, 0.3) is 0 Å². The van der Waals surface area contributed by atoms with E-state index in [0.717, 1.165) is 54.1 Å². The summed E-state index contributed by atoms with van der Waals surface area (Å²) in [5.74, 6) is 0.0732. The first kappa shape index (κ1) is 22.7. The Kier molecular flexibility index (Phi) is 6.17. The van der Waals surface area contributed by atoms with E-state index >= 15 is 0 Å². The van der Waals surface area contributed by atoms with Crippen molar-refractivity contribution in [2.45, 2.75) is 51.7 Å². The number of ketones is 1. The number of carbonyl (C=O) groups is 2. The summed E-state index contributed by atoms with van der Waals surface area (Å²) in [7, 11) is 0. The summed E-state index contributed by atoms with van der Waals surface area (Å²) in [6, 6.07) is 17.7. The summed E-state index contributed by atoms with van der Waals surface area (Å²) in [6.07, 6.45) is 3.38. The average Bonchev–Trinajstić information content (AvgIpc) is 3.29. The minimum atomic E-state index is -0.343. The standard InChI is InChI=1S/C28H33N3O3/c1-28(2)15-22-26(24(32)16-28)27(19-9-4-3-5-10-19)31(23-13-7-6-12-21(23)30-22)18-25(33)29-17-20-11-8-14-34-20/h3-7,9-10,12-13,20,27,30H,8,11,14-18H2,1-2H3,(H,29,33). The average molecular weight is 460 g/mol. The van der Waals surface area contributed by atoms with Crippen molar-refractivity contribution in [3.63, 3.8) is 0 Å². The molecule has 0 aromatic heterocycles. The van der Waals surface area contributed by atoms with Gasteiger partial charge in [-0.25, -0.2) is 0 Å². The number of hydrogen-bond donors (Lipinski definition) is 2. The Morgan fingerprint density at radius 2 is 1.88 bits per heavy atom. The van der Waals surface area contributed by atoms with Gasteiger partial charge in [-0.1, -0.05) is 56.3 Å². The van der Waals surface area contributed by atoms with Crippen LogP contribution in [0.1, 0.15) is 51.1 Å². The topological polar surface area (TPSA) is 70.7 Å². The molecule has 2 atom stereocenters. The molecule has 1 fully saturated rings. The van der Waals surface area contributed by atoms with E-state index in [-0.39, 0.29) is 35.8 Å². The highest BCUT2D eigenvalue weighted by molar-refractivity contribution is 6.01. The van der Waals surface area contributed by atoms with Crippen LogP contribution in [0, 0.1) is 5.41 Å². The normalized spacial score (nSPS) is 23.6. The zero-order valence-corrected chi connectivity index (χ0v) is 20.0. The minimum Gasteiger partial charge on any atom is -0.376 e. The number of Topliss-reactive ketones (excluding diaryl/α,β-unsaturated/α-hetero) is 1. The van der Waals surface area contributed by atoms with Crippen molar-refractivity contribution in [1.29, 1.82) is 0 Å². The first-order chi connectivity index (χ1) is 16.4. The van der Waals surface area contributed by atoms with E-state index in [4.69, 9.17) is 4.74 Å². The van der Waals surface area contributed by atoms with E-state index in [0.29, 0.717) is 13.0 Å². The molecule has 2 aromatic rings. The molecular weight excluding hydrogens is 426 g/mol. The monoisotopic (exact) mass is 459 g/mol. The van der Waals surface area contributed by atoms with Crippen molar-refractivity contribution in [2.75, 3.05) is 29.9 Å². The second kappa shape index (κ2) is 9.26. The Morgan fingerprint density at radius 3 is 2.65 bits per heavy atom. The van der Waals surface area contributed by atoms with Crippen LogP contribution in [0.3, 0.4) is 0 Å². The lowest BCUT2D eigenvalue weighted by molar-refractivity contribution is -0.121. The lowest BCUT2D eigenvalue weighted by Gasteiger charge is -2.37. The van der Waals surface area contributed by atoms with E-state index in [9.17, 15) is 9.59 Å². The number of carbonyl (C=O) groups excluding carboxylic acids is 2. The summed E-state index contributed by atoms with van der Waals surface area (Å²) in [6.45, 7) is 5.71. The third kappa shape index (κ3) is 4.60. The molecule has 2 unspecified atom stereocenters. The van der Waals surface area contributed by atoms with Gasteiger partial charge in [-0.2, -0.15) is 0 Å². The smallest absolute Gasteiger partial charge is 0.239 e. The number of fused-ring (bicyclic) bond motifs is 1. The van der Waals surface area contributed by atoms with Crippen LogP contribution in [0.5, 0.6) is 0 Å². The third-order valence-electron chi connectivity index (χ3n) is 6.98. The van der Waals surface area contributed by atoms with Gasteiger partial charge < -0.3 is 20.3 Å². The molecule has 5 rings (SSSR count). The molecule has 178 valence electrons. The summed E-state index contributed by atoms with van der Waals surface area (Å²) in [5.41, 5.74) is 4.47. The fourth-order valence-electron chi connectivity index (χ4n) is 5.45. The Labute approximate surface area is 201 Å². The molecule has 0 saturated carbocycles. The number of para-hydroxylation sites is 2. The molecule has 6 nitrogen and oxygen atoms in total. The van der Waals surface area contributed by atoms with Gasteiger partial charge in [0.25, 0.3) is 0 Å². The highest BCUT2D eigenvalue weighted by atomic mass is 16.5. The molecule has 0 bridgehead atoms. The maximum absolute atomic E-state index is 13.6. The molecule has 1 saturated heterocycles. The van der Waals surface area contributed by atoms with Crippen LogP contribution in [0.15, 0.2) is 65.9 Å². The minimum absolute atomic E-state index is 0.0705. The van der Waals surface area contributed by atoms with Crippen LogP contribution >= 0.6 is 0 Å². The number of benzene rings is 2. The fourth-order valence-corrected chi connectivity index (χ4v) is 5.45. The van der Waals surface area contributed by atoms with Crippen molar-refractivity contribution < 1.29 is 14.3 Å². The number of allylic oxidation sites excluding steroid dienone is 1. The molecule has 1 amide bonds. The van der Waals surface area contributed by atoms with E-state index in [1.165, 1.54) is 0 Å². The van der Waals surface area contributed by atoms with E-state index < -0.39 is 0 Å². The quantitative estimate of drug-likeness (QED) is 0.684. The summed E-state index contributed by atoms with van der Waals surface area (Å²) < 4.78 is 5.67. The summed E-state index contributed by atoms with van der Waals surface area (Å²) >= 11 is 0. The number of nitrogens with zero attached hydrogens (tertiary/aromatic N) is 1. The fraction of sp³-hybridized carbons (Fsp3) is 0.429. The highest BCUT2D eigenvalue weighted by Gasteiger charge is 2.41. The van der Waals surface area contributed by atoms with Gasteiger partial charge in [0, 0.05) is 30.8 Å². The Balaban J connectivity index is 1.56. The maximum atomic E-state index is 13.6. The van der Waals surface area contributed by atoms with Crippen molar-refractivity contribution in [1.82, 2.24) is 5.32 Å². The molecule has 0 radical (unpaired) electrons. The second-order valence-corrected chi connectivity index (χ2v) is 10.4. The van der Waals surface area contributed by atoms with Gasteiger partial charge in [0.05, 0.1) is 30.1 Å². The number of rotatable bonds is 5. The first-order valence-electron chi connectivity index (χ1n) is 12.2. The van der Waals surface area contributed by atoms with Crippen molar-refractivity contribution in [3.8, 4) is 0 Å². The van der Waals surface area contributed by atoms with Crippen LogP contribution < -0.4 is 15.5 Å². The van der Waals surface area contributed by atoms with E-state index in [1.807, 2.05) is 54.6 Å². The molecule has 1 aliphatic carbocycles. The van der Waals surface area contributed by atoms with Crippen LogP contribution in [-0.2, 0) is 14.3 Å². The van der Waals surface area contributed by atoms with Gasteiger partial charge in [0.2, 0.25) is 5.91 Å². The highest BCUT2D eigenvalue weighted by Crippen LogP contribution is 2.48. The summed E-state index contributed by atoms with van der Waals surface area (Å²) in [5, 5.41) is 6.66. The predicted molar refractivity (Wildman–Crippen MR) is 134 cm³/mol. The number of nitrogens with one attached hydrogen (secondary N) is 2. The predicted octanol–water partition coefficient (Wildman–Crippen LogP) is 4.60. The SMILES string of the molecule is CC1(C)CC(=O)C2=C(C1)Nc1ccccc1N(CC(=O)NCC1CCCO1)C2c1ccccc1. The van der Waals surface area contributed by atoms with Gasteiger partial charge in [0.15, 0.2) is 5.78 Å². The zero-order valence-electron chi connectivity index (χ0n) is 20.0. The molecular formula is C28H33N3O3. The molecule has 34 heavy (non-hydrogen) atoms. The number of ether oxygens (including phenoxy) is 1. The van der Waals surface area contributed by atoms with E-state index in [1.54, 1.807) is 0 Å². The lowest BCUT2D eigenvalue weighted by atomic mass is 9.73. The van der Waals surface area contributed by atoms with Gasteiger partial charge in [-0.3, -0.25) is 9.59 Å². The molecule has 2 N–H and O–H groups in total. The van der Waals surface area contributed by atoms with Crippen molar-refractivity contribution in [2.24, 2.45) is 5.41 Å². The van der Waals surface area contributed by atoms with Gasteiger partial charge >= 0.3 is 0 Å².